The summed E-state index contributed by atoms with van der Waals surface area (Å²) in [4.78, 5) is 4.41. The van der Waals surface area contributed by atoms with Crippen LogP contribution in [0.5, 0.6) is 5.75 Å². The lowest BCUT2D eigenvalue weighted by Crippen LogP contribution is -2.37. The highest BCUT2D eigenvalue weighted by molar-refractivity contribution is 5.27. The van der Waals surface area contributed by atoms with Gasteiger partial charge in [0.05, 0.1) is 12.8 Å². The minimum atomic E-state index is 0.668. The molecular weight excluding hydrogens is 200 g/mol. The largest absolute Gasteiger partial charge is 0.495 e. The molecule has 3 heteroatoms. The van der Waals surface area contributed by atoms with E-state index < -0.39 is 0 Å². The highest BCUT2D eigenvalue weighted by Gasteiger charge is 2.19. The van der Waals surface area contributed by atoms with Gasteiger partial charge in [0.2, 0.25) is 0 Å². The van der Waals surface area contributed by atoms with Crippen LogP contribution >= 0.6 is 0 Å². The van der Waals surface area contributed by atoms with Crippen LogP contribution in [0.15, 0.2) is 18.3 Å². The Bertz CT molecular complexity index is 332. The minimum absolute atomic E-state index is 0.668. The third-order valence-electron chi connectivity index (χ3n) is 3.31. The Balaban J connectivity index is 1.98. The van der Waals surface area contributed by atoms with Crippen LogP contribution in [0, 0.1) is 5.92 Å². The molecule has 0 aromatic carbocycles. The lowest BCUT2D eigenvalue weighted by atomic mass is 9.91. The molecular formula is C13H20N2O. The molecule has 2 rings (SSSR count). The number of hydrogen-bond donors (Lipinski definition) is 1. The highest BCUT2D eigenvalue weighted by atomic mass is 16.5. The van der Waals surface area contributed by atoms with Crippen LogP contribution in [0.2, 0.25) is 0 Å². The second kappa shape index (κ2) is 5.30. The van der Waals surface area contributed by atoms with Crippen LogP contribution < -0.4 is 10.1 Å². The maximum Gasteiger partial charge on any atom is 0.140 e. The van der Waals surface area contributed by atoms with Crippen molar-refractivity contribution in [1.82, 2.24) is 10.3 Å². The molecule has 1 aromatic heterocycles. The first-order valence-electron chi connectivity index (χ1n) is 6.01. The lowest BCUT2D eigenvalue weighted by molar-refractivity contribution is 0.315. The Morgan fingerprint density at radius 2 is 2.38 bits per heavy atom. The highest BCUT2D eigenvalue weighted by Crippen LogP contribution is 2.23. The van der Waals surface area contributed by atoms with E-state index >= 15 is 0 Å². The molecule has 1 aromatic rings. The second-order valence-corrected chi connectivity index (χ2v) is 4.61. The van der Waals surface area contributed by atoms with E-state index in [0.29, 0.717) is 12.0 Å². The molecule has 0 saturated carbocycles. The number of ether oxygens (including phenoxy) is 1. The van der Waals surface area contributed by atoms with E-state index in [1.807, 2.05) is 18.3 Å². The summed E-state index contributed by atoms with van der Waals surface area (Å²) >= 11 is 0. The van der Waals surface area contributed by atoms with Crippen molar-refractivity contribution in [2.24, 2.45) is 5.92 Å². The van der Waals surface area contributed by atoms with Crippen LogP contribution in [0.25, 0.3) is 0 Å². The average Bonchev–Trinajstić information content (AvgIpc) is 2.33. The molecule has 2 unspecified atom stereocenters. The van der Waals surface area contributed by atoms with E-state index in [2.05, 4.69) is 17.2 Å². The Morgan fingerprint density at radius 3 is 3.06 bits per heavy atom. The van der Waals surface area contributed by atoms with Crippen LogP contribution in [0.3, 0.4) is 0 Å². The van der Waals surface area contributed by atoms with Crippen molar-refractivity contribution in [3.63, 3.8) is 0 Å². The van der Waals surface area contributed by atoms with Crippen LogP contribution in [-0.4, -0.2) is 24.7 Å². The van der Waals surface area contributed by atoms with Gasteiger partial charge < -0.3 is 10.1 Å². The van der Waals surface area contributed by atoms with Gasteiger partial charge in [-0.05, 0) is 50.8 Å². The molecule has 1 N–H and O–H groups in total. The molecule has 0 spiro atoms. The molecule has 0 aliphatic carbocycles. The van der Waals surface area contributed by atoms with Gasteiger partial charge in [0.1, 0.15) is 5.75 Å². The molecule has 88 valence electrons. The molecule has 0 amide bonds. The van der Waals surface area contributed by atoms with Gasteiger partial charge in [-0.1, -0.05) is 0 Å². The maximum atomic E-state index is 5.33. The summed E-state index contributed by atoms with van der Waals surface area (Å²) < 4.78 is 5.33. The molecule has 2 atom stereocenters. The quantitative estimate of drug-likeness (QED) is 0.846. The van der Waals surface area contributed by atoms with E-state index in [0.717, 1.165) is 24.4 Å². The number of hydrogen-bond acceptors (Lipinski definition) is 3. The zero-order valence-electron chi connectivity index (χ0n) is 10.1. The molecule has 16 heavy (non-hydrogen) atoms. The normalized spacial score (nSPS) is 25.4. The Labute approximate surface area is 97.2 Å². The van der Waals surface area contributed by atoms with Crippen LogP contribution in [0.4, 0.5) is 0 Å². The maximum absolute atomic E-state index is 5.33. The third kappa shape index (κ3) is 2.73. The van der Waals surface area contributed by atoms with Gasteiger partial charge in [-0.2, -0.15) is 0 Å². The smallest absolute Gasteiger partial charge is 0.140 e. The van der Waals surface area contributed by atoms with E-state index in [9.17, 15) is 0 Å². The monoisotopic (exact) mass is 220 g/mol. The summed E-state index contributed by atoms with van der Waals surface area (Å²) in [6, 6.07) is 4.58. The predicted octanol–water partition coefficient (Wildman–Crippen LogP) is 2.02. The first kappa shape index (κ1) is 11.4. The standard InChI is InChI=1S/C13H20N2O/c1-10-5-6-11(9-15-10)8-12-13(16-2)4-3-7-14-12/h3-4,7,10-11,15H,5-6,8-9H2,1-2H3. The van der Waals surface area contributed by atoms with Gasteiger partial charge in [0, 0.05) is 12.2 Å². The average molecular weight is 220 g/mol. The van der Waals surface area contributed by atoms with E-state index in [-0.39, 0.29) is 0 Å². The summed E-state index contributed by atoms with van der Waals surface area (Å²) in [6.07, 6.45) is 5.41. The minimum Gasteiger partial charge on any atom is -0.495 e. The van der Waals surface area contributed by atoms with Crippen molar-refractivity contribution in [1.29, 1.82) is 0 Å². The molecule has 0 bridgehead atoms. The van der Waals surface area contributed by atoms with Crippen molar-refractivity contribution < 1.29 is 4.74 Å². The summed E-state index contributed by atoms with van der Waals surface area (Å²) in [7, 11) is 1.71. The van der Waals surface area contributed by atoms with Gasteiger partial charge in [-0.15, -0.1) is 0 Å². The number of rotatable bonds is 3. The fraction of sp³-hybridized carbons (Fsp3) is 0.615. The molecule has 1 fully saturated rings. The zero-order valence-corrected chi connectivity index (χ0v) is 10.1. The Kier molecular flexibility index (Phi) is 3.78. The molecule has 1 aliphatic heterocycles. The number of methoxy groups -OCH3 is 1. The van der Waals surface area contributed by atoms with Gasteiger partial charge in [-0.25, -0.2) is 0 Å². The van der Waals surface area contributed by atoms with Crippen LogP contribution in [-0.2, 0) is 6.42 Å². The third-order valence-corrected chi connectivity index (χ3v) is 3.31. The molecule has 1 aliphatic rings. The number of nitrogens with zero attached hydrogens (tertiary/aromatic N) is 1. The Morgan fingerprint density at radius 1 is 1.50 bits per heavy atom. The van der Waals surface area contributed by atoms with E-state index in [1.54, 1.807) is 7.11 Å². The lowest BCUT2D eigenvalue weighted by Gasteiger charge is -2.27. The molecule has 2 heterocycles. The Hall–Kier alpha value is -1.09. The summed E-state index contributed by atoms with van der Waals surface area (Å²) in [6.45, 7) is 3.35. The fourth-order valence-corrected chi connectivity index (χ4v) is 2.27. The van der Waals surface area contributed by atoms with E-state index in [1.165, 1.54) is 12.8 Å². The summed E-state index contributed by atoms with van der Waals surface area (Å²) in [5.74, 6) is 1.61. The van der Waals surface area contributed by atoms with Crippen molar-refractivity contribution >= 4 is 0 Å². The number of aromatic nitrogens is 1. The van der Waals surface area contributed by atoms with Gasteiger partial charge in [0.15, 0.2) is 0 Å². The number of piperidine rings is 1. The van der Waals surface area contributed by atoms with Crippen molar-refractivity contribution in [3.05, 3.63) is 24.0 Å². The topological polar surface area (TPSA) is 34.1 Å². The first-order chi connectivity index (χ1) is 7.79. The van der Waals surface area contributed by atoms with Crippen molar-refractivity contribution in [2.45, 2.75) is 32.2 Å². The molecule has 0 radical (unpaired) electrons. The predicted molar refractivity (Wildman–Crippen MR) is 64.7 cm³/mol. The van der Waals surface area contributed by atoms with Gasteiger partial charge in [0.25, 0.3) is 0 Å². The SMILES string of the molecule is COc1cccnc1CC1CCC(C)NC1. The number of nitrogens with one attached hydrogen (secondary N) is 1. The fourth-order valence-electron chi connectivity index (χ4n) is 2.27. The molecule has 1 saturated heterocycles. The number of pyridine rings is 1. The first-order valence-corrected chi connectivity index (χ1v) is 6.01. The van der Waals surface area contributed by atoms with Gasteiger partial charge >= 0.3 is 0 Å². The van der Waals surface area contributed by atoms with Gasteiger partial charge in [-0.3, -0.25) is 4.98 Å². The van der Waals surface area contributed by atoms with Crippen LogP contribution in [0.1, 0.15) is 25.5 Å². The zero-order chi connectivity index (χ0) is 11.4. The van der Waals surface area contributed by atoms with E-state index in [4.69, 9.17) is 4.74 Å². The van der Waals surface area contributed by atoms with Crippen molar-refractivity contribution in [2.75, 3.05) is 13.7 Å². The second-order valence-electron chi connectivity index (χ2n) is 4.61. The molecule has 3 nitrogen and oxygen atoms in total. The summed E-state index contributed by atoms with van der Waals surface area (Å²) in [5, 5.41) is 3.52. The summed E-state index contributed by atoms with van der Waals surface area (Å²) in [5.41, 5.74) is 1.09. The van der Waals surface area contributed by atoms with Crippen molar-refractivity contribution in [3.8, 4) is 5.75 Å².